The van der Waals surface area contributed by atoms with E-state index in [1.807, 2.05) is 28.9 Å². The summed E-state index contributed by atoms with van der Waals surface area (Å²) in [5.74, 6) is 1.66. The van der Waals surface area contributed by atoms with Gasteiger partial charge in [-0.1, -0.05) is 39.8 Å². The van der Waals surface area contributed by atoms with Gasteiger partial charge in [0.05, 0.1) is 5.56 Å². The second kappa shape index (κ2) is 8.69. The summed E-state index contributed by atoms with van der Waals surface area (Å²) in [5.41, 5.74) is 4.60. The van der Waals surface area contributed by atoms with Crippen LogP contribution in [0.5, 0.6) is 0 Å². The van der Waals surface area contributed by atoms with Crippen molar-refractivity contribution in [2.45, 2.75) is 63.5 Å². The Hall–Kier alpha value is -1.81. The van der Waals surface area contributed by atoms with Crippen molar-refractivity contribution in [1.29, 1.82) is 0 Å². The minimum Gasteiger partial charge on any atom is -0.339 e. The second-order valence-electron chi connectivity index (χ2n) is 9.08. The molecular formula is C24H32N2OS. The number of likely N-dealkylation sites (tertiary alicyclic amines) is 1. The summed E-state index contributed by atoms with van der Waals surface area (Å²) in [5, 5.41) is 0. The largest absolute Gasteiger partial charge is 0.339 e. The van der Waals surface area contributed by atoms with E-state index >= 15 is 0 Å². The predicted molar refractivity (Wildman–Crippen MR) is 118 cm³/mol. The number of rotatable bonds is 4. The molecule has 0 N–H and O–H groups in total. The maximum Gasteiger partial charge on any atom is 0.255 e. The average Bonchev–Trinajstić information content (AvgIpc) is 2.67. The number of thioether (sulfide) groups is 1. The lowest BCUT2D eigenvalue weighted by atomic mass is 9.87. The van der Waals surface area contributed by atoms with Crippen LogP contribution in [-0.4, -0.2) is 28.9 Å². The molecule has 0 saturated carbocycles. The summed E-state index contributed by atoms with van der Waals surface area (Å²) >= 11 is 1.82. The highest BCUT2D eigenvalue weighted by atomic mass is 32.2. The van der Waals surface area contributed by atoms with Crippen LogP contribution in [0.25, 0.3) is 0 Å². The molecule has 4 heteroatoms. The molecule has 0 unspecified atom stereocenters. The van der Waals surface area contributed by atoms with Gasteiger partial charge in [0.2, 0.25) is 0 Å². The first kappa shape index (κ1) is 20.9. The van der Waals surface area contributed by atoms with Gasteiger partial charge < -0.3 is 4.90 Å². The number of pyridine rings is 1. The Kier molecular flexibility index (Phi) is 6.49. The fraction of sp³-hybridized carbons (Fsp3) is 0.500. The molecule has 1 fully saturated rings. The molecule has 0 bridgehead atoms. The van der Waals surface area contributed by atoms with E-state index in [-0.39, 0.29) is 11.3 Å². The van der Waals surface area contributed by atoms with Crippen LogP contribution >= 0.6 is 11.8 Å². The molecule has 1 amide bonds. The molecule has 28 heavy (non-hydrogen) atoms. The molecule has 3 rings (SSSR count). The molecule has 1 aromatic heterocycles. The number of aromatic nitrogens is 1. The third-order valence-corrected chi connectivity index (χ3v) is 6.79. The Balaban J connectivity index is 1.69. The van der Waals surface area contributed by atoms with Crippen LogP contribution in [0, 0.1) is 12.8 Å². The van der Waals surface area contributed by atoms with E-state index in [0.29, 0.717) is 5.56 Å². The summed E-state index contributed by atoms with van der Waals surface area (Å²) in [4.78, 5) is 20.4. The van der Waals surface area contributed by atoms with Crippen LogP contribution in [0.3, 0.4) is 0 Å². The van der Waals surface area contributed by atoms with Crippen molar-refractivity contribution >= 4 is 17.7 Å². The Bertz CT molecular complexity index is 833. The van der Waals surface area contributed by atoms with Crippen LogP contribution < -0.4 is 0 Å². The number of nitrogens with zero attached hydrogens (tertiary/aromatic N) is 2. The number of carbonyl (C=O) groups is 1. The summed E-state index contributed by atoms with van der Waals surface area (Å²) in [6.07, 6.45) is 5.78. The maximum atomic E-state index is 12.8. The molecule has 1 aliphatic heterocycles. The van der Waals surface area contributed by atoms with Crippen LogP contribution in [0.2, 0.25) is 0 Å². The summed E-state index contributed by atoms with van der Waals surface area (Å²) in [7, 11) is 0. The second-order valence-corrected chi connectivity index (χ2v) is 10.1. The monoisotopic (exact) mass is 396 g/mol. The van der Waals surface area contributed by atoms with Gasteiger partial charge >= 0.3 is 0 Å². The average molecular weight is 397 g/mol. The summed E-state index contributed by atoms with van der Waals surface area (Å²) < 4.78 is 0. The van der Waals surface area contributed by atoms with Crippen molar-refractivity contribution in [3.05, 3.63) is 58.9 Å². The van der Waals surface area contributed by atoms with Gasteiger partial charge in [-0.2, -0.15) is 0 Å². The minimum atomic E-state index is 0.122. The number of benzene rings is 1. The minimum absolute atomic E-state index is 0.122. The molecule has 0 radical (unpaired) electrons. The number of hydrogen-bond donors (Lipinski definition) is 0. The van der Waals surface area contributed by atoms with Crippen molar-refractivity contribution in [2.75, 3.05) is 13.1 Å². The molecule has 1 aromatic carbocycles. The number of hydrogen-bond acceptors (Lipinski definition) is 3. The van der Waals surface area contributed by atoms with Gasteiger partial charge in [0, 0.05) is 36.1 Å². The quantitative estimate of drug-likeness (QED) is 0.608. The highest BCUT2D eigenvalue weighted by molar-refractivity contribution is 7.98. The van der Waals surface area contributed by atoms with Gasteiger partial charge in [0.15, 0.2) is 0 Å². The fourth-order valence-electron chi connectivity index (χ4n) is 3.46. The third-order valence-electron chi connectivity index (χ3n) is 5.56. The van der Waals surface area contributed by atoms with Gasteiger partial charge in [-0.25, -0.2) is 0 Å². The van der Waals surface area contributed by atoms with Gasteiger partial charge in [-0.05, 0) is 59.9 Å². The molecule has 2 aromatic rings. The molecule has 0 atom stereocenters. The SMILES string of the molecule is Cc1ccc(C(C)(C)C)cc1SCc1cncc(C(=O)N2CCC(C)CC2)c1. The Morgan fingerprint density at radius 2 is 1.89 bits per heavy atom. The zero-order valence-electron chi connectivity index (χ0n) is 17.8. The summed E-state index contributed by atoms with van der Waals surface area (Å²) in [6.45, 7) is 12.9. The van der Waals surface area contributed by atoms with E-state index in [2.05, 4.69) is 57.8 Å². The van der Waals surface area contributed by atoms with Crippen LogP contribution in [0.1, 0.15) is 67.6 Å². The molecule has 2 heterocycles. The molecule has 0 spiro atoms. The summed E-state index contributed by atoms with van der Waals surface area (Å²) in [6, 6.07) is 8.75. The van der Waals surface area contributed by atoms with Gasteiger partial charge in [-0.3, -0.25) is 9.78 Å². The van der Waals surface area contributed by atoms with Crippen LogP contribution in [-0.2, 0) is 11.2 Å². The van der Waals surface area contributed by atoms with Gasteiger partial charge in [0.1, 0.15) is 0 Å². The van der Waals surface area contributed by atoms with E-state index in [0.717, 1.165) is 43.2 Å². The molecule has 150 valence electrons. The first-order chi connectivity index (χ1) is 13.2. The standard InChI is InChI=1S/C24H32N2OS/c1-17-8-10-26(11-9-17)23(27)20-12-19(14-25-15-20)16-28-22-13-21(24(3,4)5)7-6-18(22)2/h6-7,12-15,17H,8-11,16H2,1-5H3. The number of carbonyl (C=O) groups excluding carboxylic acids is 1. The third kappa shape index (κ3) is 5.16. The maximum absolute atomic E-state index is 12.8. The first-order valence-electron chi connectivity index (χ1n) is 10.2. The van der Waals surface area contributed by atoms with Gasteiger partial charge in [0.25, 0.3) is 5.91 Å². The zero-order chi connectivity index (χ0) is 20.3. The highest BCUT2D eigenvalue weighted by Gasteiger charge is 2.22. The van der Waals surface area contributed by atoms with Gasteiger partial charge in [-0.15, -0.1) is 11.8 Å². The Morgan fingerprint density at radius 1 is 1.18 bits per heavy atom. The van der Waals surface area contributed by atoms with Crippen molar-refractivity contribution in [2.24, 2.45) is 5.92 Å². The topological polar surface area (TPSA) is 33.2 Å². The van der Waals surface area contributed by atoms with Crippen molar-refractivity contribution in [3.63, 3.8) is 0 Å². The molecule has 1 aliphatic rings. The highest BCUT2D eigenvalue weighted by Crippen LogP contribution is 2.31. The lowest BCUT2D eigenvalue weighted by Gasteiger charge is -2.30. The number of amides is 1. The predicted octanol–water partition coefficient (Wildman–Crippen LogP) is 5.85. The van der Waals surface area contributed by atoms with Crippen LogP contribution in [0.4, 0.5) is 0 Å². The van der Waals surface area contributed by atoms with E-state index in [1.165, 1.54) is 16.0 Å². The van der Waals surface area contributed by atoms with Crippen LogP contribution in [0.15, 0.2) is 41.6 Å². The molecule has 1 saturated heterocycles. The fourth-order valence-corrected chi connectivity index (χ4v) is 4.45. The normalized spacial score (nSPS) is 15.7. The number of aryl methyl sites for hydroxylation is 1. The van der Waals surface area contributed by atoms with E-state index in [4.69, 9.17) is 0 Å². The van der Waals surface area contributed by atoms with Crippen molar-refractivity contribution in [3.8, 4) is 0 Å². The Morgan fingerprint density at radius 3 is 2.57 bits per heavy atom. The number of piperidine rings is 1. The van der Waals surface area contributed by atoms with E-state index in [1.54, 1.807) is 6.20 Å². The lowest BCUT2D eigenvalue weighted by Crippen LogP contribution is -2.37. The van der Waals surface area contributed by atoms with Crippen molar-refractivity contribution < 1.29 is 4.79 Å². The zero-order valence-corrected chi connectivity index (χ0v) is 18.6. The lowest BCUT2D eigenvalue weighted by molar-refractivity contribution is 0.0696. The molecule has 0 aliphatic carbocycles. The first-order valence-corrected chi connectivity index (χ1v) is 11.2. The van der Waals surface area contributed by atoms with E-state index in [9.17, 15) is 4.79 Å². The van der Waals surface area contributed by atoms with Crippen molar-refractivity contribution in [1.82, 2.24) is 9.88 Å². The molecular weight excluding hydrogens is 364 g/mol. The molecule has 3 nitrogen and oxygen atoms in total. The van der Waals surface area contributed by atoms with E-state index < -0.39 is 0 Å². The Labute approximate surface area is 173 Å². The smallest absolute Gasteiger partial charge is 0.255 e.